The molecule has 0 spiro atoms. The van der Waals surface area contributed by atoms with Crippen LogP contribution >= 0.6 is 0 Å². The molecule has 0 aliphatic heterocycles. The molecule has 0 aromatic heterocycles. The molecule has 0 amide bonds. The molecule has 2 radical (unpaired) electrons. The lowest BCUT2D eigenvalue weighted by molar-refractivity contribution is 0.106. The van der Waals surface area contributed by atoms with Crippen LogP contribution in [0.2, 0.25) is 0 Å². The molecular formula is C18H20O2Si. The lowest BCUT2D eigenvalue weighted by Crippen LogP contribution is -2.24. The third-order valence-corrected chi connectivity index (χ3v) is 5.76. The Labute approximate surface area is 128 Å². The maximum atomic E-state index is 6.07. The fourth-order valence-corrected chi connectivity index (χ4v) is 4.65. The molecular weight excluding hydrogens is 276 g/mol. The van der Waals surface area contributed by atoms with Crippen LogP contribution in [0.15, 0.2) is 48.6 Å². The van der Waals surface area contributed by atoms with Crippen molar-refractivity contribution in [3.8, 4) is 0 Å². The predicted octanol–water partition coefficient (Wildman–Crippen LogP) is 3.76. The van der Waals surface area contributed by atoms with Crippen LogP contribution in [-0.2, 0) is 15.3 Å². The monoisotopic (exact) mass is 296 g/mol. The van der Waals surface area contributed by atoms with Crippen LogP contribution in [-0.4, -0.2) is 16.1 Å². The van der Waals surface area contributed by atoms with E-state index in [-0.39, 0.29) is 16.1 Å². The minimum absolute atomic E-state index is 0.158. The van der Waals surface area contributed by atoms with Gasteiger partial charge in [0, 0.05) is 5.92 Å². The normalized spacial score (nSPS) is 33.1. The fraction of sp³-hybridized carbons (Fsp3) is 0.444. The minimum atomic E-state index is 0.158. The van der Waals surface area contributed by atoms with E-state index < -0.39 is 0 Å². The van der Waals surface area contributed by atoms with Crippen molar-refractivity contribution >= 4 is 10.0 Å². The van der Waals surface area contributed by atoms with Crippen molar-refractivity contribution < 1.29 is 8.85 Å². The van der Waals surface area contributed by atoms with Crippen molar-refractivity contribution in [2.24, 2.45) is 11.8 Å². The Balaban J connectivity index is 1.31. The number of rotatable bonds is 4. The molecule has 0 saturated heterocycles. The molecule has 1 aromatic carbocycles. The number of aryl methyl sites for hydroxylation is 1. The summed E-state index contributed by atoms with van der Waals surface area (Å²) in [7, 11) is 0.158. The maximum Gasteiger partial charge on any atom is 0.434 e. The highest BCUT2D eigenvalue weighted by Crippen LogP contribution is 2.38. The molecule has 0 N–H and O–H groups in total. The summed E-state index contributed by atoms with van der Waals surface area (Å²) in [6.07, 6.45) is 14.1. The Hall–Kier alpha value is -1.16. The quantitative estimate of drug-likeness (QED) is 0.788. The highest BCUT2D eigenvalue weighted by molar-refractivity contribution is 6.18. The summed E-state index contributed by atoms with van der Waals surface area (Å²) in [5.41, 5.74) is 2.80. The second kappa shape index (κ2) is 5.91. The Bertz CT molecular complexity index is 566. The highest BCUT2D eigenvalue weighted by atomic mass is 28.3. The van der Waals surface area contributed by atoms with E-state index in [1.54, 1.807) is 0 Å². The molecule has 3 aliphatic rings. The van der Waals surface area contributed by atoms with Crippen molar-refractivity contribution in [2.45, 2.75) is 37.9 Å². The van der Waals surface area contributed by atoms with Gasteiger partial charge in [-0.25, -0.2) is 0 Å². The first-order chi connectivity index (χ1) is 10.4. The van der Waals surface area contributed by atoms with E-state index in [4.69, 9.17) is 8.85 Å². The van der Waals surface area contributed by atoms with Crippen molar-refractivity contribution in [3.05, 3.63) is 59.7 Å². The summed E-state index contributed by atoms with van der Waals surface area (Å²) in [6.45, 7) is 0. The molecule has 1 fully saturated rings. The number of fused-ring (bicyclic) bond motifs is 2. The summed E-state index contributed by atoms with van der Waals surface area (Å²) < 4.78 is 12.1. The zero-order valence-corrected chi connectivity index (χ0v) is 13.1. The summed E-state index contributed by atoms with van der Waals surface area (Å²) in [5, 5.41) is 0. The third-order valence-electron chi connectivity index (χ3n) is 4.98. The van der Waals surface area contributed by atoms with Crippen LogP contribution in [0.1, 0.15) is 36.5 Å². The topological polar surface area (TPSA) is 18.5 Å². The van der Waals surface area contributed by atoms with Gasteiger partial charge in [0.1, 0.15) is 0 Å². The third kappa shape index (κ3) is 2.66. The zero-order chi connectivity index (χ0) is 14.1. The van der Waals surface area contributed by atoms with Gasteiger partial charge in [-0.2, -0.15) is 0 Å². The van der Waals surface area contributed by atoms with Crippen LogP contribution in [0.5, 0.6) is 0 Å². The van der Waals surface area contributed by atoms with Crippen molar-refractivity contribution in [3.63, 3.8) is 0 Å². The molecule has 0 heterocycles. The van der Waals surface area contributed by atoms with Crippen LogP contribution in [0.25, 0.3) is 0 Å². The lowest BCUT2D eigenvalue weighted by Gasteiger charge is -2.22. The average molecular weight is 296 g/mol. The van der Waals surface area contributed by atoms with Gasteiger partial charge in [-0.1, -0.05) is 48.6 Å². The van der Waals surface area contributed by atoms with Crippen LogP contribution in [0.3, 0.4) is 0 Å². The van der Waals surface area contributed by atoms with E-state index in [0.717, 1.165) is 19.3 Å². The van der Waals surface area contributed by atoms with Gasteiger partial charge in [-0.15, -0.1) is 0 Å². The summed E-state index contributed by atoms with van der Waals surface area (Å²) in [6, 6.07) is 8.62. The molecule has 1 saturated carbocycles. The second-order valence-electron chi connectivity index (χ2n) is 6.17. The summed E-state index contributed by atoms with van der Waals surface area (Å²) >= 11 is 0. The first-order valence-corrected chi connectivity index (χ1v) is 8.72. The Morgan fingerprint density at radius 1 is 0.952 bits per heavy atom. The molecule has 3 heteroatoms. The molecule has 4 rings (SSSR count). The first kappa shape index (κ1) is 13.5. The Kier molecular flexibility index (Phi) is 3.80. The Morgan fingerprint density at radius 3 is 2.86 bits per heavy atom. The van der Waals surface area contributed by atoms with Crippen LogP contribution in [0.4, 0.5) is 0 Å². The van der Waals surface area contributed by atoms with Crippen LogP contribution in [0, 0.1) is 11.8 Å². The van der Waals surface area contributed by atoms with Gasteiger partial charge in [-0.3, -0.25) is 0 Å². The Morgan fingerprint density at radius 2 is 1.86 bits per heavy atom. The zero-order valence-electron chi connectivity index (χ0n) is 12.1. The smallest absolute Gasteiger partial charge is 0.389 e. The molecule has 2 nitrogen and oxygen atoms in total. The summed E-state index contributed by atoms with van der Waals surface area (Å²) in [4.78, 5) is 0. The van der Waals surface area contributed by atoms with E-state index in [0.29, 0.717) is 17.9 Å². The molecule has 4 unspecified atom stereocenters. The standard InChI is InChI=1S/C18H20O2Si/c1-3-7-15-13(5-1)9-11-17(15)19-21-20-18-12-10-14-6-2-4-8-16(14)18/h1-8,13,15,17-18H,9-12H2. The summed E-state index contributed by atoms with van der Waals surface area (Å²) in [5.74, 6) is 1.24. The van der Waals surface area contributed by atoms with Crippen molar-refractivity contribution in [2.75, 3.05) is 0 Å². The molecule has 21 heavy (non-hydrogen) atoms. The van der Waals surface area contributed by atoms with Gasteiger partial charge < -0.3 is 8.85 Å². The van der Waals surface area contributed by atoms with Gasteiger partial charge in [-0.05, 0) is 42.7 Å². The predicted molar refractivity (Wildman–Crippen MR) is 83.7 cm³/mol. The fourth-order valence-electron chi connectivity index (χ4n) is 3.83. The van der Waals surface area contributed by atoms with Gasteiger partial charge in [0.15, 0.2) is 0 Å². The molecule has 108 valence electrons. The van der Waals surface area contributed by atoms with Crippen molar-refractivity contribution in [1.29, 1.82) is 0 Å². The molecule has 3 aliphatic carbocycles. The number of benzene rings is 1. The SMILES string of the molecule is C1=CC2CCC(O[Si]OC3CCc4ccccc43)C2C=C1. The number of hydrogen-bond donors (Lipinski definition) is 0. The van der Waals surface area contributed by atoms with Gasteiger partial charge >= 0.3 is 10.0 Å². The van der Waals surface area contributed by atoms with E-state index >= 15 is 0 Å². The van der Waals surface area contributed by atoms with Gasteiger partial charge in [0.05, 0.1) is 12.2 Å². The van der Waals surface area contributed by atoms with E-state index in [1.165, 1.54) is 17.5 Å². The van der Waals surface area contributed by atoms with Gasteiger partial charge in [0.2, 0.25) is 0 Å². The van der Waals surface area contributed by atoms with Gasteiger partial charge in [0.25, 0.3) is 0 Å². The highest BCUT2D eigenvalue weighted by Gasteiger charge is 2.35. The number of hydrogen-bond acceptors (Lipinski definition) is 2. The lowest BCUT2D eigenvalue weighted by atomic mass is 9.91. The van der Waals surface area contributed by atoms with Crippen LogP contribution < -0.4 is 0 Å². The first-order valence-electron chi connectivity index (χ1n) is 7.91. The van der Waals surface area contributed by atoms with E-state index in [2.05, 4.69) is 48.6 Å². The average Bonchev–Trinajstić information content (AvgIpc) is 3.13. The van der Waals surface area contributed by atoms with E-state index in [9.17, 15) is 0 Å². The molecule has 4 atom stereocenters. The molecule has 0 bridgehead atoms. The number of allylic oxidation sites excluding steroid dienone is 3. The largest absolute Gasteiger partial charge is 0.434 e. The second-order valence-corrected chi connectivity index (χ2v) is 6.81. The molecule has 1 aromatic rings. The minimum Gasteiger partial charge on any atom is -0.389 e. The van der Waals surface area contributed by atoms with Crippen molar-refractivity contribution in [1.82, 2.24) is 0 Å². The van der Waals surface area contributed by atoms with E-state index in [1.807, 2.05) is 0 Å². The maximum absolute atomic E-state index is 6.07.